The molecule has 0 radical (unpaired) electrons. The molecule has 1 saturated heterocycles. The third-order valence-corrected chi connectivity index (χ3v) is 6.41. The van der Waals surface area contributed by atoms with Gasteiger partial charge in [0.15, 0.2) is 0 Å². The molecule has 1 atom stereocenters. The number of aromatic nitrogens is 1. The van der Waals surface area contributed by atoms with Crippen LogP contribution in [0, 0.1) is 5.92 Å². The van der Waals surface area contributed by atoms with E-state index >= 15 is 0 Å². The van der Waals surface area contributed by atoms with Crippen molar-refractivity contribution in [1.82, 2.24) is 15.6 Å². The van der Waals surface area contributed by atoms with Gasteiger partial charge in [0.2, 0.25) is 0 Å². The van der Waals surface area contributed by atoms with E-state index in [1.807, 2.05) is 30.3 Å². The van der Waals surface area contributed by atoms with Crippen LogP contribution in [-0.2, 0) is 13.2 Å². The molecule has 32 heavy (non-hydrogen) atoms. The standard InChI is InChI=1S/C26H27BrClN3O/c27-26-14-24(28)4-3-23(26)2-1-20-11-22(17-31-16-21-7-10-30-15-21)13-25(12-20)32-18-19-5-8-29-9-6-19/h1-6,8-9,11-14,21,30-31H,7,10,15-18H2/b2-1+. The molecule has 0 amide bonds. The van der Waals surface area contributed by atoms with Gasteiger partial charge >= 0.3 is 0 Å². The van der Waals surface area contributed by atoms with Crippen LogP contribution in [0.2, 0.25) is 5.02 Å². The Labute approximate surface area is 203 Å². The Bertz CT molecular complexity index is 1050. The van der Waals surface area contributed by atoms with Crippen LogP contribution >= 0.6 is 27.5 Å². The molecule has 1 aromatic heterocycles. The number of ether oxygens (including phenoxy) is 1. The summed E-state index contributed by atoms with van der Waals surface area (Å²) in [5.74, 6) is 1.57. The molecule has 1 unspecified atom stereocenters. The highest BCUT2D eigenvalue weighted by Crippen LogP contribution is 2.25. The number of nitrogens with zero attached hydrogens (tertiary/aromatic N) is 1. The minimum Gasteiger partial charge on any atom is -0.489 e. The molecular formula is C26H27BrClN3O. The van der Waals surface area contributed by atoms with Gasteiger partial charge in [-0.1, -0.05) is 51.8 Å². The van der Waals surface area contributed by atoms with E-state index in [9.17, 15) is 0 Å². The molecule has 0 aliphatic carbocycles. The Hall–Kier alpha value is -2.18. The van der Waals surface area contributed by atoms with Gasteiger partial charge in [-0.2, -0.15) is 0 Å². The smallest absolute Gasteiger partial charge is 0.120 e. The van der Waals surface area contributed by atoms with E-state index in [4.69, 9.17) is 16.3 Å². The second-order valence-corrected chi connectivity index (χ2v) is 9.33. The summed E-state index contributed by atoms with van der Waals surface area (Å²) in [5, 5.41) is 7.75. The Balaban J connectivity index is 1.49. The summed E-state index contributed by atoms with van der Waals surface area (Å²) in [7, 11) is 0. The lowest BCUT2D eigenvalue weighted by atomic mass is 10.1. The van der Waals surface area contributed by atoms with Crippen molar-refractivity contribution in [3.63, 3.8) is 0 Å². The van der Waals surface area contributed by atoms with Gasteiger partial charge in [0.1, 0.15) is 12.4 Å². The molecule has 2 aromatic carbocycles. The van der Waals surface area contributed by atoms with Crippen molar-refractivity contribution in [2.24, 2.45) is 5.92 Å². The maximum atomic E-state index is 6.12. The Kier molecular flexibility index (Phi) is 8.35. The maximum absolute atomic E-state index is 6.12. The first kappa shape index (κ1) is 23.0. The lowest BCUT2D eigenvalue weighted by Gasteiger charge is -2.13. The summed E-state index contributed by atoms with van der Waals surface area (Å²) in [4.78, 5) is 4.07. The summed E-state index contributed by atoms with van der Waals surface area (Å²) in [6.45, 7) is 4.58. The first-order valence-corrected chi connectivity index (χ1v) is 12.0. The fourth-order valence-electron chi connectivity index (χ4n) is 3.75. The van der Waals surface area contributed by atoms with Gasteiger partial charge in [-0.3, -0.25) is 4.98 Å². The van der Waals surface area contributed by atoms with Gasteiger partial charge < -0.3 is 15.4 Å². The lowest BCUT2D eigenvalue weighted by Crippen LogP contribution is -2.24. The second-order valence-electron chi connectivity index (χ2n) is 8.04. The molecule has 4 rings (SSSR count). The van der Waals surface area contributed by atoms with Crippen molar-refractivity contribution in [2.45, 2.75) is 19.6 Å². The zero-order valence-electron chi connectivity index (χ0n) is 17.9. The van der Waals surface area contributed by atoms with Crippen LogP contribution in [0.3, 0.4) is 0 Å². The summed E-state index contributed by atoms with van der Waals surface area (Å²) >= 11 is 9.66. The van der Waals surface area contributed by atoms with Gasteiger partial charge in [-0.25, -0.2) is 0 Å². The molecule has 0 saturated carbocycles. The molecule has 166 valence electrons. The number of nitrogens with one attached hydrogen (secondary N) is 2. The first-order chi connectivity index (χ1) is 15.7. The fraction of sp³-hybridized carbons (Fsp3) is 0.269. The van der Waals surface area contributed by atoms with Gasteiger partial charge in [0.05, 0.1) is 0 Å². The topological polar surface area (TPSA) is 46.2 Å². The van der Waals surface area contributed by atoms with E-state index in [1.54, 1.807) is 12.4 Å². The number of benzene rings is 2. The largest absolute Gasteiger partial charge is 0.489 e. The average molecular weight is 513 g/mol. The van der Waals surface area contributed by atoms with E-state index in [0.717, 1.165) is 53.1 Å². The average Bonchev–Trinajstić information content (AvgIpc) is 3.31. The first-order valence-electron chi connectivity index (χ1n) is 10.9. The predicted octanol–water partition coefficient (Wildman–Crippen LogP) is 5.95. The molecule has 1 aliphatic rings. The highest BCUT2D eigenvalue weighted by molar-refractivity contribution is 9.10. The number of rotatable bonds is 9. The van der Waals surface area contributed by atoms with Crippen molar-refractivity contribution >= 4 is 39.7 Å². The molecule has 6 heteroatoms. The third-order valence-electron chi connectivity index (χ3n) is 5.49. The van der Waals surface area contributed by atoms with E-state index in [0.29, 0.717) is 17.5 Å². The minimum atomic E-state index is 0.513. The zero-order valence-corrected chi connectivity index (χ0v) is 20.2. The van der Waals surface area contributed by atoms with Crippen LogP contribution in [0.5, 0.6) is 5.75 Å². The fourth-order valence-corrected chi connectivity index (χ4v) is 4.56. The number of pyridine rings is 1. The zero-order chi connectivity index (χ0) is 22.2. The highest BCUT2D eigenvalue weighted by atomic mass is 79.9. The van der Waals surface area contributed by atoms with Crippen LogP contribution in [0.15, 0.2) is 65.4 Å². The maximum Gasteiger partial charge on any atom is 0.120 e. The van der Waals surface area contributed by atoms with E-state index in [-0.39, 0.29) is 0 Å². The lowest BCUT2D eigenvalue weighted by molar-refractivity contribution is 0.305. The normalized spacial score (nSPS) is 16.0. The summed E-state index contributed by atoms with van der Waals surface area (Å²) in [5.41, 5.74) is 4.47. The Morgan fingerprint density at radius 2 is 1.97 bits per heavy atom. The van der Waals surface area contributed by atoms with Crippen molar-refractivity contribution in [3.05, 3.63) is 92.7 Å². The molecule has 1 fully saturated rings. The predicted molar refractivity (Wildman–Crippen MR) is 136 cm³/mol. The number of hydrogen-bond acceptors (Lipinski definition) is 4. The van der Waals surface area contributed by atoms with Crippen molar-refractivity contribution < 1.29 is 4.74 Å². The van der Waals surface area contributed by atoms with Crippen LogP contribution in [0.4, 0.5) is 0 Å². The number of halogens is 2. The molecule has 3 aromatic rings. The van der Waals surface area contributed by atoms with E-state index < -0.39 is 0 Å². The molecular weight excluding hydrogens is 486 g/mol. The molecule has 0 bridgehead atoms. The molecule has 4 nitrogen and oxygen atoms in total. The summed E-state index contributed by atoms with van der Waals surface area (Å²) in [6, 6.07) is 16.2. The van der Waals surface area contributed by atoms with E-state index in [1.165, 1.54) is 12.0 Å². The molecule has 0 spiro atoms. The van der Waals surface area contributed by atoms with Gasteiger partial charge in [0.25, 0.3) is 0 Å². The second kappa shape index (κ2) is 11.6. The van der Waals surface area contributed by atoms with Crippen molar-refractivity contribution in [1.29, 1.82) is 0 Å². The summed E-state index contributed by atoms with van der Waals surface area (Å²) in [6.07, 6.45) is 9.01. The van der Waals surface area contributed by atoms with Gasteiger partial charge in [0, 0.05) is 28.4 Å². The quantitative estimate of drug-likeness (QED) is 0.348. The summed E-state index contributed by atoms with van der Waals surface area (Å²) < 4.78 is 7.09. The third kappa shape index (κ3) is 6.91. The molecule has 2 N–H and O–H groups in total. The minimum absolute atomic E-state index is 0.513. The Morgan fingerprint density at radius 1 is 1.09 bits per heavy atom. The van der Waals surface area contributed by atoms with Crippen LogP contribution < -0.4 is 15.4 Å². The van der Waals surface area contributed by atoms with Crippen molar-refractivity contribution in [3.8, 4) is 5.75 Å². The Morgan fingerprint density at radius 3 is 2.75 bits per heavy atom. The van der Waals surface area contributed by atoms with Crippen LogP contribution in [0.25, 0.3) is 12.2 Å². The highest BCUT2D eigenvalue weighted by Gasteiger charge is 2.13. The molecule has 2 heterocycles. The SMILES string of the molecule is Clc1ccc(/C=C/c2cc(CNCC3CCNC3)cc(OCc3ccncc3)c2)c(Br)c1. The molecule has 1 aliphatic heterocycles. The van der Waals surface area contributed by atoms with Crippen LogP contribution in [0.1, 0.15) is 28.7 Å². The van der Waals surface area contributed by atoms with Gasteiger partial charge in [-0.15, -0.1) is 0 Å². The van der Waals surface area contributed by atoms with Gasteiger partial charge in [-0.05, 0) is 90.6 Å². The number of hydrogen-bond donors (Lipinski definition) is 2. The monoisotopic (exact) mass is 511 g/mol. The van der Waals surface area contributed by atoms with Crippen molar-refractivity contribution in [2.75, 3.05) is 19.6 Å². The van der Waals surface area contributed by atoms with E-state index in [2.05, 4.69) is 61.9 Å². The van der Waals surface area contributed by atoms with Crippen LogP contribution in [-0.4, -0.2) is 24.6 Å².